The molecule has 8 rings (SSSR count). The van der Waals surface area contributed by atoms with Crippen LogP contribution in [0, 0.1) is 98.6 Å². The Balaban J connectivity index is 0.000000169. The van der Waals surface area contributed by atoms with Crippen molar-refractivity contribution in [2.75, 3.05) is 0 Å². The van der Waals surface area contributed by atoms with E-state index in [9.17, 15) is 14.4 Å². The molecule has 16 atom stereocenters. The molecule has 3 nitrogen and oxygen atoms in total. The van der Waals surface area contributed by atoms with Gasteiger partial charge in [0.2, 0.25) is 0 Å². The van der Waals surface area contributed by atoms with E-state index in [2.05, 4.69) is 75.3 Å². The maximum absolute atomic E-state index is 13.6. The largest absolute Gasteiger partial charge is 0.300 e. The molecule has 7 fully saturated rings. The standard InChI is InChI=1S/C28H48.C24H36O3/c1-19(2)8-7-9-21(4)24-12-13-25-23-11-10-22-18-20(3)14-16-27(22,5)26(23)15-17-28(24,25)6;1-5-6-14(2)17-7-8-18-22-19(13-21(27)24(17,18)4)23(3)10-9-16(25)11-15(23)12-20(22)26/h10,19-21,23-26H,7-9,11-18H2,1-6H3;14-15,17-19,22H,5-13H2,1-4H3/t20-,21?,23-,24+,25-,26-,27-,28+;14?,15-,17+,18-,19-,22-,23-,24+/m00/s1. The molecular formula is C52H84O3. The Labute approximate surface area is 338 Å². The molecule has 3 heteroatoms. The van der Waals surface area contributed by atoms with Crippen LogP contribution in [-0.4, -0.2) is 17.3 Å². The molecule has 0 aromatic heterocycles. The van der Waals surface area contributed by atoms with E-state index in [1.165, 1.54) is 77.0 Å². The third kappa shape index (κ3) is 7.06. The summed E-state index contributed by atoms with van der Waals surface area (Å²) in [6.45, 7) is 24.3. The third-order valence-electron chi connectivity index (χ3n) is 20.2. The number of fused-ring (bicyclic) bond motifs is 10. The fourth-order valence-corrected chi connectivity index (χ4v) is 16.9. The second-order valence-electron chi connectivity index (χ2n) is 23.4. The van der Waals surface area contributed by atoms with Gasteiger partial charge in [-0.2, -0.15) is 0 Å². The molecule has 0 bridgehead atoms. The van der Waals surface area contributed by atoms with Crippen molar-refractivity contribution in [2.45, 2.75) is 198 Å². The van der Waals surface area contributed by atoms with Gasteiger partial charge in [0.15, 0.2) is 0 Å². The second-order valence-corrected chi connectivity index (χ2v) is 23.4. The van der Waals surface area contributed by atoms with Crippen LogP contribution < -0.4 is 0 Å². The van der Waals surface area contributed by atoms with E-state index in [1.807, 2.05) is 5.57 Å². The Morgan fingerprint density at radius 1 is 0.691 bits per heavy atom. The Bertz CT molecular complexity index is 1470. The summed E-state index contributed by atoms with van der Waals surface area (Å²) in [5, 5.41) is 0. The molecule has 7 saturated carbocycles. The number of Topliss-reactive ketones (excluding diaryl/α,β-unsaturated/α-hetero) is 3. The molecule has 0 saturated heterocycles. The maximum Gasteiger partial charge on any atom is 0.139 e. The summed E-state index contributed by atoms with van der Waals surface area (Å²) in [7, 11) is 0. The zero-order valence-electron chi connectivity index (χ0n) is 37.4. The molecule has 8 aliphatic carbocycles. The molecule has 0 amide bonds. The summed E-state index contributed by atoms with van der Waals surface area (Å²) in [4.78, 5) is 38.9. The Kier molecular flexibility index (Phi) is 12.0. The SMILES string of the molecule is CC(C)CCCC(C)[C@H]1CC[C@H]2[C@@H]3CC=C4C[C@@H](C)CC[C@]4(C)[C@H]3CC[C@]12C.CCCC(C)[C@H]1CC[C@H]2[C@@H]3C(=O)C[C@@H]4CC(=O)CC[C@]4(C)[C@H]3CC(=O)[C@]12C. The van der Waals surface area contributed by atoms with Crippen molar-refractivity contribution in [3.05, 3.63) is 11.6 Å². The summed E-state index contributed by atoms with van der Waals surface area (Å²) in [6, 6.07) is 0. The molecule has 2 unspecified atom stereocenters. The normalized spacial score (nSPS) is 47.3. The first-order valence-corrected chi connectivity index (χ1v) is 24.3. The van der Waals surface area contributed by atoms with Gasteiger partial charge in [0.25, 0.3) is 0 Å². The lowest BCUT2D eigenvalue weighted by atomic mass is 9.44. The van der Waals surface area contributed by atoms with Crippen molar-refractivity contribution >= 4 is 17.3 Å². The molecule has 55 heavy (non-hydrogen) atoms. The van der Waals surface area contributed by atoms with Crippen LogP contribution in [0.4, 0.5) is 0 Å². The number of rotatable bonds is 8. The van der Waals surface area contributed by atoms with Gasteiger partial charge in [0.05, 0.1) is 0 Å². The van der Waals surface area contributed by atoms with Crippen LogP contribution in [0.25, 0.3) is 0 Å². The number of hydrogen-bond donors (Lipinski definition) is 0. The van der Waals surface area contributed by atoms with Crippen molar-refractivity contribution in [1.29, 1.82) is 0 Å². The van der Waals surface area contributed by atoms with Gasteiger partial charge in [-0.3, -0.25) is 14.4 Å². The predicted octanol–water partition coefficient (Wildman–Crippen LogP) is 13.7. The van der Waals surface area contributed by atoms with Crippen LogP contribution in [0.15, 0.2) is 11.6 Å². The fourth-order valence-electron chi connectivity index (χ4n) is 16.9. The lowest BCUT2D eigenvalue weighted by Crippen LogP contribution is -2.60. The molecule has 0 heterocycles. The summed E-state index contributed by atoms with van der Waals surface area (Å²) >= 11 is 0. The van der Waals surface area contributed by atoms with Gasteiger partial charge in [-0.05, 0) is 158 Å². The van der Waals surface area contributed by atoms with Gasteiger partial charge in [-0.1, -0.05) is 113 Å². The number of allylic oxidation sites excluding steroid dienone is 2. The van der Waals surface area contributed by atoms with Crippen molar-refractivity contribution < 1.29 is 14.4 Å². The van der Waals surface area contributed by atoms with E-state index in [4.69, 9.17) is 0 Å². The maximum atomic E-state index is 13.6. The first kappa shape index (κ1) is 41.9. The highest BCUT2D eigenvalue weighted by atomic mass is 16.1. The second kappa shape index (κ2) is 15.7. The predicted molar refractivity (Wildman–Crippen MR) is 227 cm³/mol. The molecule has 0 N–H and O–H groups in total. The highest BCUT2D eigenvalue weighted by Crippen LogP contribution is 2.69. The van der Waals surface area contributed by atoms with Crippen LogP contribution in [-0.2, 0) is 14.4 Å². The minimum atomic E-state index is -0.306. The van der Waals surface area contributed by atoms with E-state index in [1.54, 1.807) is 0 Å². The monoisotopic (exact) mass is 757 g/mol. The van der Waals surface area contributed by atoms with E-state index in [0.29, 0.717) is 65.7 Å². The lowest BCUT2D eigenvalue weighted by Gasteiger charge is -2.58. The average Bonchev–Trinajstić information content (AvgIpc) is 3.68. The summed E-state index contributed by atoms with van der Waals surface area (Å²) in [6.07, 6.45) is 26.6. The topological polar surface area (TPSA) is 51.2 Å². The smallest absolute Gasteiger partial charge is 0.139 e. The molecular weight excluding hydrogens is 673 g/mol. The molecule has 0 aromatic carbocycles. The Morgan fingerprint density at radius 2 is 1.40 bits per heavy atom. The molecule has 0 spiro atoms. The van der Waals surface area contributed by atoms with E-state index in [0.717, 1.165) is 67.1 Å². The summed E-state index contributed by atoms with van der Waals surface area (Å²) in [5.41, 5.74) is 2.75. The first-order chi connectivity index (χ1) is 26.0. The van der Waals surface area contributed by atoms with Crippen LogP contribution in [0.2, 0.25) is 0 Å². The van der Waals surface area contributed by atoms with Crippen LogP contribution in [0.5, 0.6) is 0 Å². The summed E-state index contributed by atoms with van der Waals surface area (Å²) < 4.78 is 0. The van der Waals surface area contributed by atoms with Gasteiger partial charge < -0.3 is 0 Å². The zero-order valence-corrected chi connectivity index (χ0v) is 37.4. The minimum Gasteiger partial charge on any atom is -0.300 e. The van der Waals surface area contributed by atoms with Gasteiger partial charge >= 0.3 is 0 Å². The molecule has 0 aromatic rings. The molecule has 0 radical (unpaired) electrons. The van der Waals surface area contributed by atoms with Gasteiger partial charge in [-0.25, -0.2) is 0 Å². The van der Waals surface area contributed by atoms with Crippen molar-refractivity contribution in [3.8, 4) is 0 Å². The third-order valence-corrected chi connectivity index (χ3v) is 20.2. The number of carbonyl (C=O) groups excluding carboxylic acids is 3. The number of hydrogen-bond acceptors (Lipinski definition) is 3. The van der Waals surface area contributed by atoms with E-state index < -0.39 is 0 Å². The minimum absolute atomic E-state index is 0.00338. The fraction of sp³-hybridized carbons (Fsp3) is 0.904. The highest BCUT2D eigenvalue weighted by molar-refractivity contribution is 5.93. The summed E-state index contributed by atoms with van der Waals surface area (Å²) in [5.74, 6) is 9.44. The van der Waals surface area contributed by atoms with Gasteiger partial charge in [0.1, 0.15) is 17.3 Å². The number of carbonyl (C=O) groups is 3. The zero-order chi connectivity index (χ0) is 39.7. The van der Waals surface area contributed by atoms with Crippen molar-refractivity contribution in [3.63, 3.8) is 0 Å². The van der Waals surface area contributed by atoms with Crippen LogP contribution in [0.1, 0.15) is 198 Å². The molecule has 0 aliphatic heterocycles. The first-order valence-electron chi connectivity index (χ1n) is 24.3. The quantitative estimate of drug-likeness (QED) is 0.232. The molecule has 8 aliphatic rings. The van der Waals surface area contributed by atoms with Crippen LogP contribution >= 0.6 is 0 Å². The average molecular weight is 757 g/mol. The number of ketones is 3. The van der Waals surface area contributed by atoms with E-state index >= 15 is 0 Å². The van der Waals surface area contributed by atoms with E-state index in [-0.39, 0.29) is 34.5 Å². The van der Waals surface area contributed by atoms with Crippen molar-refractivity contribution in [1.82, 2.24) is 0 Å². The van der Waals surface area contributed by atoms with Crippen molar-refractivity contribution in [2.24, 2.45) is 98.6 Å². The van der Waals surface area contributed by atoms with Gasteiger partial charge in [0, 0.05) is 37.0 Å². The highest BCUT2D eigenvalue weighted by Gasteiger charge is 2.66. The lowest BCUT2D eigenvalue weighted by molar-refractivity contribution is -0.166. The van der Waals surface area contributed by atoms with Gasteiger partial charge in [-0.15, -0.1) is 0 Å². The Morgan fingerprint density at radius 3 is 2.13 bits per heavy atom. The molecule has 310 valence electrons. The van der Waals surface area contributed by atoms with Crippen LogP contribution in [0.3, 0.4) is 0 Å². The Hall–Kier alpha value is -1.25.